The minimum atomic E-state index is -0.0338. The van der Waals surface area contributed by atoms with Crippen molar-refractivity contribution in [1.82, 2.24) is 5.32 Å². The average Bonchev–Trinajstić information content (AvgIpc) is 2.70. The molecule has 3 nitrogen and oxygen atoms in total. The second-order valence-corrected chi connectivity index (χ2v) is 5.98. The molecule has 0 saturated carbocycles. The number of hydrogen-bond donors (Lipinski definition) is 2. The minimum Gasteiger partial charge on any atom is -0.348 e. The average molecular weight is 305 g/mol. The van der Waals surface area contributed by atoms with Crippen molar-refractivity contribution in [3.8, 4) is 0 Å². The second-order valence-electron chi connectivity index (χ2n) is 3.69. The number of thiophene rings is 1. The van der Waals surface area contributed by atoms with Gasteiger partial charge in [0, 0.05) is 18.0 Å². The molecule has 0 aliphatic carbocycles. The standard InChI is InChI=1S/C11H17BrN2OS/c1-2-3-4-9(6-13)14-11(15)8-5-10(12)16-7-8/h5,7,9H,2-4,6,13H2,1H3,(H,14,15). The topological polar surface area (TPSA) is 55.1 Å². The highest BCUT2D eigenvalue weighted by Gasteiger charge is 2.12. The molecule has 16 heavy (non-hydrogen) atoms. The normalized spacial score (nSPS) is 12.4. The molecule has 0 aliphatic heterocycles. The zero-order valence-corrected chi connectivity index (χ0v) is 11.7. The van der Waals surface area contributed by atoms with Crippen LogP contribution in [0, 0.1) is 0 Å². The predicted molar refractivity (Wildman–Crippen MR) is 71.9 cm³/mol. The van der Waals surface area contributed by atoms with Crippen LogP contribution in [0.5, 0.6) is 0 Å². The smallest absolute Gasteiger partial charge is 0.252 e. The molecule has 1 heterocycles. The third kappa shape index (κ3) is 4.23. The van der Waals surface area contributed by atoms with Crippen molar-refractivity contribution in [3.05, 3.63) is 20.8 Å². The Hall–Kier alpha value is -0.390. The summed E-state index contributed by atoms with van der Waals surface area (Å²) in [6.45, 7) is 2.63. The Morgan fingerprint density at radius 2 is 2.44 bits per heavy atom. The third-order valence-electron chi connectivity index (χ3n) is 2.36. The quantitative estimate of drug-likeness (QED) is 0.849. The number of amides is 1. The molecule has 0 radical (unpaired) electrons. The van der Waals surface area contributed by atoms with Crippen molar-refractivity contribution in [2.45, 2.75) is 32.2 Å². The van der Waals surface area contributed by atoms with Crippen LogP contribution in [-0.4, -0.2) is 18.5 Å². The Labute approximate surface area is 109 Å². The molecule has 5 heteroatoms. The number of rotatable bonds is 6. The number of carbonyl (C=O) groups excluding carboxylic acids is 1. The van der Waals surface area contributed by atoms with Crippen LogP contribution in [0.2, 0.25) is 0 Å². The second kappa shape index (κ2) is 7.04. The van der Waals surface area contributed by atoms with Gasteiger partial charge in [0.15, 0.2) is 0 Å². The first kappa shape index (κ1) is 13.7. The first-order chi connectivity index (χ1) is 7.67. The highest BCUT2D eigenvalue weighted by Crippen LogP contribution is 2.20. The van der Waals surface area contributed by atoms with Gasteiger partial charge in [0.05, 0.1) is 9.35 Å². The maximum Gasteiger partial charge on any atom is 0.252 e. The summed E-state index contributed by atoms with van der Waals surface area (Å²) in [4.78, 5) is 11.8. The lowest BCUT2D eigenvalue weighted by Gasteiger charge is -2.15. The SMILES string of the molecule is CCCCC(CN)NC(=O)c1csc(Br)c1. The summed E-state index contributed by atoms with van der Waals surface area (Å²) in [6.07, 6.45) is 3.16. The molecule has 0 aliphatic rings. The predicted octanol–water partition coefficient (Wildman–Crippen LogP) is 2.76. The van der Waals surface area contributed by atoms with Crippen LogP contribution in [0.1, 0.15) is 36.5 Å². The van der Waals surface area contributed by atoms with Crippen LogP contribution in [0.15, 0.2) is 15.2 Å². The molecule has 0 saturated heterocycles. The van der Waals surface area contributed by atoms with E-state index in [1.165, 1.54) is 11.3 Å². The van der Waals surface area contributed by atoms with Gasteiger partial charge in [0.25, 0.3) is 5.91 Å². The fourth-order valence-electron chi connectivity index (χ4n) is 1.40. The van der Waals surface area contributed by atoms with Gasteiger partial charge in [-0.05, 0) is 28.4 Å². The lowest BCUT2D eigenvalue weighted by atomic mass is 10.1. The van der Waals surface area contributed by atoms with Crippen molar-refractivity contribution in [2.24, 2.45) is 5.73 Å². The zero-order valence-electron chi connectivity index (χ0n) is 9.33. The highest BCUT2D eigenvalue weighted by atomic mass is 79.9. The lowest BCUT2D eigenvalue weighted by molar-refractivity contribution is 0.0936. The highest BCUT2D eigenvalue weighted by molar-refractivity contribution is 9.11. The van der Waals surface area contributed by atoms with Gasteiger partial charge < -0.3 is 11.1 Å². The van der Waals surface area contributed by atoms with E-state index in [0.29, 0.717) is 12.1 Å². The molecule has 0 aromatic carbocycles. The molecule has 0 fully saturated rings. The van der Waals surface area contributed by atoms with Gasteiger partial charge in [-0.25, -0.2) is 0 Å². The molecule has 1 atom stereocenters. The largest absolute Gasteiger partial charge is 0.348 e. The number of hydrogen-bond acceptors (Lipinski definition) is 3. The number of unbranched alkanes of at least 4 members (excludes halogenated alkanes) is 1. The van der Waals surface area contributed by atoms with Crippen molar-refractivity contribution in [1.29, 1.82) is 0 Å². The number of nitrogens with one attached hydrogen (secondary N) is 1. The Bertz CT molecular complexity index is 340. The molecule has 3 N–H and O–H groups in total. The molecule has 1 aromatic rings. The van der Waals surface area contributed by atoms with E-state index >= 15 is 0 Å². The fourth-order valence-corrected chi connectivity index (χ4v) is 2.53. The minimum absolute atomic E-state index is 0.0338. The zero-order chi connectivity index (χ0) is 12.0. The summed E-state index contributed by atoms with van der Waals surface area (Å²) < 4.78 is 0.968. The molecule has 1 aromatic heterocycles. The van der Waals surface area contributed by atoms with E-state index in [0.717, 1.165) is 23.0 Å². The summed E-state index contributed by atoms with van der Waals surface area (Å²) in [5, 5.41) is 4.79. The van der Waals surface area contributed by atoms with Crippen LogP contribution in [0.3, 0.4) is 0 Å². The van der Waals surface area contributed by atoms with E-state index in [2.05, 4.69) is 28.2 Å². The van der Waals surface area contributed by atoms with Crippen molar-refractivity contribution in [2.75, 3.05) is 6.54 Å². The van der Waals surface area contributed by atoms with Crippen molar-refractivity contribution < 1.29 is 4.79 Å². The first-order valence-electron chi connectivity index (χ1n) is 5.42. The van der Waals surface area contributed by atoms with Gasteiger partial charge in [-0.15, -0.1) is 11.3 Å². The molecular weight excluding hydrogens is 288 g/mol. The Morgan fingerprint density at radius 3 is 2.94 bits per heavy atom. The maximum absolute atomic E-state index is 11.8. The van der Waals surface area contributed by atoms with Crippen molar-refractivity contribution >= 4 is 33.2 Å². The van der Waals surface area contributed by atoms with Crippen LogP contribution < -0.4 is 11.1 Å². The molecule has 0 spiro atoms. The van der Waals surface area contributed by atoms with Gasteiger partial charge in [-0.2, -0.15) is 0 Å². The van der Waals surface area contributed by atoms with Crippen LogP contribution in [-0.2, 0) is 0 Å². The van der Waals surface area contributed by atoms with E-state index in [-0.39, 0.29) is 11.9 Å². The van der Waals surface area contributed by atoms with E-state index in [1.807, 2.05) is 11.4 Å². The van der Waals surface area contributed by atoms with E-state index in [4.69, 9.17) is 5.73 Å². The number of carbonyl (C=O) groups is 1. The van der Waals surface area contributed by atoms with E-state index in [9.17, 15) is 4.79 Å². The Morgan fingerprint density at radius 1 is 1.69 bits per heavy atom. The maximum atomic E-state index is 11.8. The Balaban J connectivity index is 2.48. The molecule has 90 valence electrons. The van der Waals surface area contributed by atoms with Gasteiger partial charge in [0.2, 0.25) is 0 Å². The van der Waals surface area contributed by atoms with Gasteiger partial charge in [-0.1, -0.05) is 19.8 Å². The monoisotopic (exact) mass is 304 g/mol. The van der Waals surface area contributed by atoms with Gasteiger partial charge in [-0.3, -0.25) is 4.79 Å². The van der Waals surface area contributed by atoms with E-state index in [1.54, 1.807) is 0 Å². The molecular formula is C11H17BrN2OS. The van der Waals surface area contributed by atoms with Crippen LogP contribution >= 0.6 is 27.3 Å². The van der Waals surface area contributed by atoms with Gasteiger partial charge >= 0.3 is 0 Å². The van der Waals surface area contributed by atoms with Gasteiger partial charge in [0.1, 0.15) is 0 Å². The summed E-state index contributed by atoms with van der Waals surface area (Å²) in [7, 11) is 0. The molecule has 0 bridgehead atoms. The summed E-state index contributed by atoms with van der Waals surface area (Å²) in [5.74, 6) is -0.0338. The molecule has 1 amide bonds. The van der Waals surface area contributed by atoms with Crippen LogP contribution in [0.25, 0.3) is 0 Å². The number of halogens is 1. The Kier molecular flexibility index (Phi) is 6.01. The summed E-state index contributed by atoms with van der Waals surface area (Å²) in [6, 6.07) is 1.92. The summed E-state index contributed by atoms with van der Waals surface area (Å²) >= 11 is 4.85. The van der Waals surface area contributed by atoms with Crippen LogP contribution in [0.4, 0.5) is 0 Å². The van der Waals surface area contributed by atoms with Crippen molar-refractivity contribution in [3.63, 3.8) is 0 Å². The lowest BCUT2D eigenvalue weighted by Crippen LogP contribution is -2.40. The summed E-state index contributed by atoms with van der Waals surface area (Å²) in [5.41, 5.74) is 6.32. The molecule has 1 rings (SSSR count). The first-order valence-corrected chi connectivity index (χ1v) is 7.09. The third-order valence-corrected chi connectivity index (χ3v) is 3.86. The molecule has 1 unspecified atom stereocenters. The fraction of sp³-hybridized carbons (Fsp3) is 0.545. The number of nitrogens with two attached hydrogens (primary N) is 1. The van der Waals surface area contributed by atoms with E-state index < -0.39 is 0 Å².